The fraction of sp³-hybridized carbons (Fsp3) is 0.538. The van der Waals surface area contributed by atoms with Crippen molar-refractivity contribution in [3.63, 3.8) is 0 Å². The second kappa shape index (κ2) is 17.1. The summed E-state index contributed by atoms with van der Waals surface area (Å²) in [5.41, 5.74) is 0.864. The molecule has 0 aromatic heterocycles. The molecule has 2 aromatic carbocycles. The van der Waals surface area contributed by atoms with Gasteiger partial charge in [0, 0.05) is 0 Å². The maximum absolute atomic E-state index is 11.8. The molecule has 0 aliphatic heterocycles. The van der Waals surface area contributed by atoms with Crippen molar-refractivity contribution in [3.05, 3.63) is 48.0 Å². The summed E-state index contributed by atoms with van der Waals surface area (Å²) in [7, 11) is -4.23. The molecule has 0 atom stereocenters. The van der Waals surface area contributed by atoms with Crippen molar-refractivity contribution in [2.45, 2.75) is 95.3 Å². The summed E-state index contributed by atoms with van der Waals surface area (Å²) in [6.07, 6.45) is 16.1. The fourth-order valence-electron chi connectivity index (χ4n) is 3.81. The number of hydrogen-bond acceptors (Lipinski definition) is 4. The van der Waals surface area contributed by atoms with Gasteiger partial charge in [-0.05, 0) is 48.7 Å². The van der Waals surface area contributed by atoms with E-state index in [0.717, 1.165) is 24.8 Å². The van der Waals surface area contributed by atoms with Gasteiger partial charge in [-0.15, -0.1) is 5.75 Å². The van der Waals surface area contributed by atoms with Gasteiger partial charge in [-0.3, -0.25) is 4.55 Å². The van der Waals surface area contributed by atoms with E-state index >= 15 is 0 Å². The van der Waals surface area contributed by atoms with E-state index in [1.54, 1.807) is 12.1 Å². The Kier molecular flexibility index (Phi) is 15.9. The van der Waals surface area contributed by atoms with E-state index in [2.05, 4.69) is 6.92 Å². The van der Waals surface area contributed by atoms with Gasteiger partial charge in [-0.25, -0.2) is 0 Å². The summed E-state index contributed by atoms with van der Waals surface area (Å²) < 4.78 is 37.3. The maximum atomic E-state index is 11.8. The second-order valence-electron chi connectivity index (χ2n) is 8.46. The molecular weight excluding hydrogens is 463 g/mol. The number of unbranched alkanes of at least 4 members (excludes halogenated alkanes) is 11. The molecule has 2 aromatic rings. The van der Waals surface area contributed by atoms with Gasteiger partial charge in [0.05, 0.1) is 4.90 Å². The Balaban J connectivity index is 0.00000544. The minimum Gasteiger partial charge on any atom is -0.872 e. The van der Waals surface area contributed by atoms with Gasteiger partial charge in [0.1, 0.15) is 11.5 Å². The van der Waals surface area contributed by atoms with Crippen LogP contribution in [0, 0.1) is 0 Å². The van der Waals surface area contributed by atoms with Crippen molar-refractivity contribution >= 4 is 10.1 Å². The van der Waals surface area contributed by atoms with Gasteiger partial charge in [-0.1, -0.05) is 89.7 Å². The zero-order valence-electron chi connectivity index (χ0n) is 20.2. The third-order valence-corrected chi connectivity index (χ3v) is 6.55. The van der Waals surface area contributed by atoms with E-state index in [4.69, 9.17) is 9.29 Å². The van der Waals surface area contributed by atoms with Gasteiger partial charge < -0.3 is 9.84 Å². The van der Waals surface area contributed by atoms with Gasteiger partial charge in [0.15, 0.2) is 0 Å². The van der Waals surface area contributed by atoms with E-state index in [-0.39, 0.29) is 62.0 Å². The number of aryl methyl sites for hydroxylation is 1. The van der Waals surface area contributed by atoms with Crippen molar-refractivity contribution in [1.82, 2.24) is 0 Å². The van der Waals surface area contributed by atoms with E-state index in [9.17, 15) is 13.5 Å². The van der Waals surface area contributed by atoms with Crippen molar-refractivity contribution in [3.8, 4) is 17.2 Å². The monoisotopic (exact) mass is 500 g/mol. The van der Waals surface area contributed by atoms with Crippen LogP contribution in [0.2, 0.25) is 0 Å². The molecule has 7 heteroatoms. The largest absolute Gasteiger partial charge is 1.00 e. The first-order valence-electron chi connectivity index (χ1n) is 12.0. The Bertz CT molecular complexity index is 897. The minimum atomic E-state index is -4.23. The Labute approximate surface area is 242 Å². The zero-order chi connectivity index (χ0) is 23.2. The summed E-state index contributed by atoms with van der Waals surface area (Å²) in [4.78, 5) is -0.184. The van der Waals surface area contributed by atoms with Crippen LogP contribution in [0.25, 0.3) is 0 Å². The first-order valence-corrected chi connectivity index (χ1v) is 13.4. The van der Waals surface area contributed by atoms with Crippen molar-refractivity contribution in [2.24, 2.45) is 0 Å². The molecule has 0 saturated heterocycles. The first-order chi connectivity index (χ1) is 15.4. The van der Waals surface area contributed by atoms with E-state index in [1.807, 2.05) is 0 Å². The molecule has 0 aliphatic rings. The van der Waals surface area contributed by atoms with E-state index in [1.165, 1.54) is 94.5 Å². The van der Waals surface area contributed by atoms with Crippen molar-refractivity contribution in [2.75, 3.05) is 0 Å². The second-order valence-corrected chi connectivity index (χ2v) is 9.88. The molecule has 33 heavy (non-hydrogen) atoms. The predicted octanol–water partition coefficient (Wildman–Crippen LogP) is 4.05. The SMILES string of the molecule is CCCCCCCCCCCCCCc1cc([O-])ccc1Oc1ccc(S(=O)(=O)O)cc1.[K+]. The Morgan fingerprint density at radius 2 is 1.30 bits per heavy atom. The van der Waals surface area contributed by atoms with Gasteiger partial charge in [0.2, 0.25) is 0 Å². The molecular formula is C26H37KO5S. The third-order valence-electron chi connectivity index (χ3n) is 5.68. The van der Waals surface area contributed by atoms with Crippen LogP contribution in [0.1, 0.15) is 89.5 Å². The van der Waals surface area contributed by atoms with Crippen LogP contribution < -0.4 is 61.2 Å². The maximum Gasteiger partial charge on any atom is 1.00 e. The zero-order valence-corrected chi connectivity index (χ0v) is 24.2. The number of hydrogen-bond donors (Lipinski definition) is 1. The topological polar surface area (TPSA) is 86.7 Å². The van der Waals surface area contributed by atoms with Crippen molar-refractivity contribution < 1.29 is 74.2 Å². The molecule has 0 aliphatic carbocycles. The molecule has 1 N–H and O–H groups in total. The Morgan fingerprint density at radius 1 is 0.788 bits per heavy atom. The Morgan fingerprint density at radius 3 is 1.82 bits per heavy atom. The summed E-state index contributed by atoms with van der Waals surface area (Å²) >= 11 is 0. The molecule has 2 rings (SSSR count). The molecule has 0 saturated carbocycles. The van der Waals surface area contributed by atoms with Crippen LogP contribution in [-0.2, 0) is 16.5 Å². The van der Waals surface area contributed by atoms with Crippen LogP contribution in [0.4, 0.5) is 0 Å². The normalized spacial score (nSPS) is 11.2. The molecule has 5 nitrogen and oxygen atoms in total. The van der Waals surface area contributed by atoms with Crippen LogP contribution >= 0.6 is 0 Å². The molecule has 0 fully saturated rings. The minimum absolute atomic E-state index is 0. The first kappa shape index (κ1) is 30.6. The average Bonchev–Trinajstić information content (AvgIpc) is 2.76. The smallest absolute Gasteiger partial charge is 0.872 e. The standard InChI is InChI=1S/C26H38O5S.K/c1-2-3-4-5-6-7-8-9-10-11-12-13-14-22-21-23(27)15-20-26(22)31-24-16-18-25(19-17-24)32(28,29)30;/h15-21,27H,2-14H2,1H3,(H,28,29,30);/q;+1/p-1. The molecule has 0 radical (unpaired) electrons. The van der Waals surface area contributed by atoms with E-state index < -0.39 is 10.1 Å². The van der Waals surface area contributed by atoms with Gasteiger partial charge >= 0.3 is 51.4 Å². The van der Waals surface area contributed by atoms with Gasteiger partial charge in [-0.2, -0.15) is 8.42 Å². The van der Waals surface area contributed by atoms with Gasteiger partial charge in [0.25, 0.3) is 10.1 Å². The fourth-order valence-corrected chi connectivity index (χ4v) is 4.29. The molecule has 0 unspecified atom stereocenters. The summed E-state index contributed by atoms with van der Waals surface area (Å²) in [5.74, 6) is 1.01. The summed E-state index contributed by atoms with van der Waals surface area (Å²) in [6.45, 7) is 2.25. The predicted molar refractivity (Wildman–Crippen MR) is 127 cm³/mol. The summed E-state index contributed by atoms with van der Waals surface area (Å²) in [6, 6.07) is 10.3. The van der Waals surface area contributed by atoms with Crippen LogP contribution in [0.15, 0.2) is 47.4 Å². The molecule has 178 valence electrons. The van der Waals surface area contributed by atoms with E-state index in [0.29, 0.717) is 11.5 Å². The quantitative estimate of drug-likeness (QED) is 0.213. The summed E-state index contributed by atoms with van der Waals surface area (Å²) in [5, 5.41) is 11.8. The molecule has 0 heterocycles. The average molecular weight is 501 g/mol. The third kappa shape index (κ3) is 12.7. The van der Waals surface area contributed by atoms with Crippen LogP contribution in [0.3, 0.4) is 0 Å². The van der Waals surface area contributed by atoms with Crippen molar-refractivity contribution in [1.29, 1.82) is 0 Å². The number of benzene rings is 2. The molecule has 0 spiro atoms. The van der Waals surface area contributed by atoms with Crippen LogP contribution in [0.5, 0.6) is 17.2 Å². The number of ether oxygens (including phenoxy) is 1. The molecule has 0 bridgehead atoms. The molecule has 0 amide bonds. The Hall–Kier alpha value is -0.414. The van der Waals surface area contributed by atoms with Crippen LogP contribution in [-0.4, -0.2) is 13.0 Å². The number of rotatable bonds is 16.